The van der Waals surface area contributed by atoms with Crippen LogP contribution >= 0.6 is 0 Å². The number of rotatable bonds is 7. The van der Waals surface area contributed by atoms with E-state index in [0.29, 0.717) is 28.9 Å². The fourth-order valence-corrected chi connectivity index (χ4v) is 9.13. The molecule has 0 aromatic heterocycles. The Morgan fingerprint density at radius 3 is 2.27 bits per heavy atom. The molecule has 9 nitrogen and oxygen atoms in total. The predicted octanol–water partition coefficient (Wildman–Crippen LogP) is 6.46. The summed E-state index contributed by atoms with van der Waals surface area (Å²) in [6, 6.07) is 29.4. The summed E-state index contributed by atoms with van der Waals surface area (Å²) in [6.07, 6.45) is 3.38. The molecular formula is C42H39N3O6. The first kappa shape index (κ1) is 32.5. The zero-order valence-corrected chi connectivity index (χ0v) is 28.7. The average molecular weight is 682 g/mol. The maximum absolute atomic E-state index is 15.3. The Morgan fingerprint density at radius 2 is 1.59 bits per heavy atom. The van der Waals surface area contributed by atoms with Gasteiger partial charge in [0.25, 0.3) is 11.8 Å². The van der Waals surface area contributed by atoms with Crippen LogP contribution < -0.4 is 15.1 Å². The van der Waals surface area contributed by atoms with E-state index in [0.717, 1.165) is 28.1 Å². The van der Waals surface area contributed by atoms with Crippen molar-refractivity contribution in [1.29, 1.82) is 0 Å². The molecule has 2 aliphatic carbocycles. The summed E-state index contributed by atoms with van der Waals surface area (Å²) in [5.74, 6) is -4.57. The van der Waals surface area contributed by atoms with Crippen molar-refractivity contribution < 1.29 is 29.0 Å². The van der Waals surface area contributed by atoms with Crippen molar-refractivity contribution in [2.75, 3.05) is 17.4 Å². The number of aryl methyl sites for hydroxylation is 2. The molecule has 6 atom stereocenters. The zero-order valence-electron chi connectivity index (χ0n) is 28.7. The molecule has 2 heterocycles. The van der Waals surface area contributed by atoms with Crippen LogP contribution in [0.5, 0.6) is 11.5 Å². The Morgan fingerprint density at radius 1 is 0.863 bits per heavy atom. The minimum Gasteiger partial charge on any atom is -0.504 e. The van der Waals surface area contributed by atoms with Gasteiger partial charge < -0.3 is 9.84 Å². The van der Waals surface area contributed by atoms with Gasteiger partial charge in [-0.25, -0.2) is 0 Å². The van der Waals surface area contributed by atoms with Crippen molar-refractivity contribution in [3.8, 4) is 11.5 Å². The van der Waals surface area contributed by atoms with E-state index >= 15 is 4.79 Å². The molecule has 6 unspecified atom stereocenters. The Kier molecular flexibility index (Phi) is 7.81. The Balaban J connectivity index is 1.31. The molecule has 4 aromatic carbocycles. The number of nitrogens with zero attached hydrogens (tertiary/aromatic N) is 2. The number of hydrazine groups is 1. The fraction of sp³-hybridized carbons (Fsp3) is 0.286. The van der Waals surface area contributed by atoms with E-state index in [1.54, 1.807) is 12.1 Å². The second kappa shape index (κ2) is 12.3. The number of imide groups is 2. The molecule has 3 fully saturated rings. The number of aromatic hydroxyl groups is 1. The third-order valence-electron chi connectivity index (χ3n) is 11.5. The molecule has 2 aliphatic heterocycles. The molecule has 4 aliphatic rings. The van der Waals surface area contributed by atoms with Crippen LogP contribution in [0.1, 0.15) is 47.9 Å². The number of carbonyl (C=O) groups excluding carboxylic acids is 4. The SMILES string of the molecule is CCc1ccc(N2C(=O)C3CC=C4C(CC5C(=O)N(Nc6ccc(C)cc6)C(=O)C5(c5ccccc5)C4c4ccc(O)c(OC)c4)C3C2=O)cc1. The summed E-state index contributed by atoms with van der Waals surface area (Å²) in [5.41, 5.74) is 7.15. The van der Waals surface area contributed by atoms with E-state index in [1.807, 2.05) is 98.8 Å². The van der Waals surface area contributed by atoms with Crippen LogP contribution in [-0.4, -0.2) is 40.9 Å². The molecule has 1 saturated carbocycles. The summed E-state index contributed by atoms with van der Waals surface area (Å²) in [4.78, 5) is 60.0. The lowest BCUT2D eigenvalue weighted by molar-refractivity contribution is -0.138. The Hall–Kier alpha value is -5.70. The van der Waals surface area contributed by atoms with E-state index in [1.165, 1.54) is 18.1 Å². The van der Waals surface area contributed by atoms with Gasteiger partial charge in [0.2, 0.25) is 11.8 Å². The molecule has 4 aromatic rings. The number of benzene rings is 4. The molecule has 2 saturated heterocycles. The molecule has 0 spiro atoms. The number of hydrogen-bond donors (Lipinski definition) is 2. The van der Waals surface area contributed by atoms with Crippen LogP contribution in [0.15, 0.2) is 109 Å². The maximum Gasteiger partial charge on any atom is 0.260 e. The number of carbonyl (C=O) groups is 4. The number of ether oxygens (including phenoxy) is 1. The highest BCUT2D eigenvalue weighted by atomic mass is 16.5. The van der Waals surface area contributed by atoms with Crippen LogP contribution in [0.2, 0.25) is 0 Å². The van der Waals surface area contributed by atoms with E-state index < -0.39 is 46.8 Å². The van der Waals surface area contributed by atoms with Gasteiger partial charge in [0.15, 0.2) is 11.5 Å². The largest absolute Gasteiger partial charge is 0.504 e. The van der Waals surface area contributed by atoms with Crippen LogP contribution in [0.4, 0.5) is 11.4 Å². The van der Waals surface area contributed by atoms with Crippen molar-refractivity contribution >= 4 is 35.0 Å². The monoisotopic (exact) mass is 681 g/mol. The van der Waals surface area contributed by atoms with Crippen LogP contribution in [-0.2, 0) is 31.0 Å². The molecule has 8 rings (SSSR count). The predicted molar refractivity (Wildman–Crippen MR) is 192 cm³/mol. The quantitative estimate of drug-likeness (QED) is 0.170. The fourth-order valence-electron chi connectivity index (χ4n) is 9.13. The Bertz CT molecular complexity index is 2090. The van der Waals surface area contributed by atoms with Gasteiger partial charge >= 0.3 is 0 Å². The number of hydrogen-bond acceptors (Lipinski definition) is 7. The number of amides is 4. The first-order valence-electron chi connectivity index (χ1n) is 17.5. The Labute approximate surface area is 296 Å². The lowest BCUT2D eigenvalue weighted by Crippen LogP contribution is -2.53. The minimum absolute atomic E-state index is 0.0607. The molecule has 4 amide bonds. The molecule has 0 radical (unpaired) electrons. The van der Waals surface area contributed by atoms with E-state index in [4.69, 9.17) is 4.74 Å². The number of allylic oxidation sites excluding steroid dienone is 2. The topological polar surface area (TPSA) is 116 Å². The van der Waals surface area contributed by atoms with Crippen molar-refractivity contribution in [1.82, 2.24) is 5.01 Å². The van der Waals surface area contributed by atoms with Gasteiger partial charge in [-0.1, -0.05) is 84.8 Å². The summed E-state index contributed by atoms with van der Waals surface area (Å²) in [6.45, 7) is 4.01. The second-order valence-electron chi connectivity index (χ2n) is 14.1. The number of fused-ring (bicyclic) bond motifs is 4. The first-order valence-corrected chi connectivity index (χ1v) is 17.5. The molecule has 258 valence electrons. The highest BCUT2D eigenvalue weighted by Crippen LogP contribution is 2.64. The highest BCUT2D eigenvalue weighted by Gasteiger charge is 2.70. The van der Waals surface area contributed by atoms with Gasteiger partial charge in [-0.15, -0.1) is 0 Å². The van der Waals surface area contributed by atoms with Gasteiger partial charge in [0.05, 0.1) is 41.7 Å². The number of methoxy groups -OCH3 is 1. The van der Waals surface area contributed by atoms with E-state index in [2.05, 4.69) is 5.43 Å². The summed E-state index contributed by atoms with van der Waals surface area (Å²) >= 11 is 0. The van der Waals surface area contributed by atoms with Gasteiger partial charge in [0, 0.05) is 5.92 Å². The number of phenolic OH excluding ortho intramolecular Hbond substituents is 1. The average Bonchev–Trinajstić information content (AvgIpc) is 3.54. The lowest BCUT2D eigenvalue weighted by Gasteiger charge is -2.50. The van der Waals surface area contributed by atoms with Gasteiger partial charge in [-0.3, -0.25) is 29.5 Å². The van der Waals surface area contributed by atoms with Crippen LogP contribution in [0, 0.1) is 30.6 Å². The molecule has 51 heavy (non-hydrogen) atoms. The van der Waals surface area contributed by atoms with Crippen molar-refractivity contribution in [2.24, 2.45) is 23.7 Å². The highest BCUT2D eigenvalue weighted by molar-refractivity contribution is 6.22. The van der Waals surface area contributed by atoms with Gasteiger partial charge in [0.1, 0.15) is 0 Å². The smallest absolute Gasteiger partial charge is 0.260 e. The maximum atomic E-state index is 15.3. The summed E-state index contributed by atoms with van der Waals surface area (Å²) in [7, 11) is 1.46. The summed E-state index contributed by atoms with van der Waals surface area (Å²) in [5, 5.41) is 11.8. The number of nitrogens with one attached hydrogen (secondary N) is 1. The second-order valence-corrected chi connectivity index (χ2v) is 14.1. The lowest BCUT2D eigenvalue weighted by atomic mass is 9.49. The number of anilines is 2. The minimum atomic E-state index is -1.41. The summed E-state index contributed by atoms with van der Waals surface area (Å²) < 4.78 is 5.55. The van der Waals surface area contributed by atoms with Crippen molar-refractivity contribution in [3.63, 3.8) is 0 Å². The van der Waals surface area contributed by atoms with E-state index in [-0.39, 0.29) is 29.7 Å². The third-order valence-corrected chi connectivity index (χ3v) is 11.5. The van der Waals surface area contributed by atoms with Crippen molar-refractivity contribution in [3.05, 3.63) is 131 Å². The first-order chi connectivity index (χ1) is 24.7. The van der Waals surface area contributed by atoms with Gasteiger partial charge in [-0.05, 0) is 85.2 Å². The third kappa shape index (κ3) is 4.82. The standard InChI is InChI=1S/C42H39N3O6/c1-4-25-12-17-29(18-13-25)44-38(47)31-20-19-30-32(36(31)40(44)49)23-33-39(48)45(43-28-15-10-24(2)11-16-28)41(50)42(33,27-8-6-5-7-9-27)37(30)26-14-21-34(46)35(22-26)51-3/h5-19,21-22,31-33,36-37,43,46H,4,20,23H2,1-3H3. The molecular weight excluding hydrogens is 642 g/mol. The molecule has 9 heteroatoms. The van der Waals surface area contributed by atoms with Gasteiger partial charge in [-0.2, -0.15) is 5.01 Å². The van der Waals surface area contributed by atoms with Crippen LogP contribution in [0.25, 0.3) is 0 Å². The van der Waals surface area contributed by atoms with E-state index in [9.17, 15) is 19.5 Å². The zero-order chi connectivity index (χ0) is 35.6. The van der Waals surface area contributed by atoms with Crippen molar-refractivity contribution in [2.45, 2.75) is 44.4 Å². The van der Waals surface area contributed by atoms with Crippen LogP contribution in [0.3, 0.4) is 0 Å². The normalized spacial score (nSPS) is 26.8. The molecule has 0 bridgehead atoms. The number of phenols is 1. The molecule has 2 N–H and O–H groups in total.